The van der Waals surface area contributed by atoms with Gasteiger partial charge >= 0.3 is 0 Å². The molecule has 8 nitrogen and oxygen atoms in total. The van der Waals surface area contributed by atoms with Crippen LogP contribution in [0.25, 0.3) is 0 Å². The van der Waals surface area contributed by atoms with Crippen LogP contribution in [0.4, 0.5) is 10.1 Å². The molecule has 11 heteroatoms. The van der Waals surface area contributed by atoms with Gasteiger partial charge < -0.3 is 15.0 Å². The molecule has 1 atom stereocenters. The summed E-state index contributed by atoms with van der Waals surface area (Å²) in [7, 11) is -3.95. The molecular formula is C34H35ClFN3O5S. The first-order valence-corrected chi connectivity index (χ1v) is 16.4. The molecule has 0 fully saturated rings. The summed E-state index contributed by atoms with van der Waals surface area (Å²) in [5.41, 5.74) is 1.64. The summed E-state index contributed by atoms with van der Waals surface area (Å²) in [5.74, 6) is -0.973. The van der Waals surface area contributed by atoms with E-state index in [9.17, 15) is 22.4 Å². The zero-order valence-electron chi connectivity index (χ0n) is 24.8. The quantitative estimate of drug-likeness (QED) is 0.139. The smallest absolute Gasteiger partial charge is 0.261 e. The molecule has 236 valence electrons. The Hall–Kier alpha value is -4.41. The van der Waals surface area contributed by atoms with Crippen molar-refractivity contribution in [2.45, 2.75) is 43.7 Å². The molecule has 2 amide bonds. The number of ether oxygens (including phenoxy) is 1. The molecule has 0 radical (unpaired) electrons. The van der Waals surface area contributed by atoms with Crippen LogP contribution in [-0.2, 0) is 26.2 Å². The zero-order chi connectivity index (χ0) is 32.2. The van der Waals surface area contributed by atoms with Crippen molar-refractivity contribution in [3.8, 4) is 5.75 Å². The van der Waals surface area contributed by atoms with Gasteiger partial charge in [-0.15, -0.1) is 0 Å². The average molecular weight is 652 g/mol. The highest BCUT2D eigenvalue weighted by atomic mass is 35.5. The molecule has 4 aromatic rings. The molecule has 4 aromatic carbocycles. The lowest BCUT2D eigenvalue weighted by Crippen LogP contribution is -2.45. The van der Waals surface area contributed by atoms with Crippen LogP contribution in [-0.4, -0.2) is 38.3 Å². The number of anilines is 1. The van der Waals surface area contributed by atoms with Crippen molar-refractivity contribution < 1.29 is 27.1 Å². The van der Waals surface area contributed by atoms with Crippen molar-refractivity contribution in [3.05, 3.63) is 125 Å². The van der Waals surface area contributed by atoms with E-state index in [2.05, 4.69) is 17.0 Å². The number of halogens is 2. The minimum atomic E-state index is -3.95. The van der Waals surface area contributed by atoms with Gasteiger partial charge in [-0.05, 0) is 78.2 Å². The summed E-state index contributed by atoms with van der Waals surface area (Å²) in [6, 6.07) is 25.7. The Morgan fingerprint density at radius 2 is 1.56 bits per heavy atom. The Labute approximate surface area is 268 Å². The van der Waals surface area contributed by atoms with Gasteiger partial charge in [-0.25, -0.2) is 12.8 Å². The number of hydrogen-bond donors (Lipinski definition) is 2. The maximum Gasteiger partial charge on any atom is 0.261 e. The lowest BCUT2D eigenvalue weighted by atomic mass is 10.0. The summed E-state index contributed by atoms with van der Waals surface area (Å²) in [5, 5.41) is 3.53. The summed E-state index contributed by atoms with van der Waals surface area (Å²) in [6.45, 7) is 2.28. The molecule has 0 saturated carbocycles. The number of amides is 2. The van der Waals surface area contributed by atoms with Gasteiger partial charge in [0, 0.05) is 23.8 Å². The highest BCUT2D eigenvalue weighted by molar-refractivity contribution is 7.92. The third kappa shape index (κ3) is 9.79. The average Bonchev–Trinajstić information content (AvgIpc) is 3.04. The first-order chi connectivity index (χ1) is 21.7. The SMILES string of the molecule is CCCCCNC(=O)[C@@H](c1ccccc1)N(Cc1ccc(Cl)cc1)C(=O)COc1ccc(S(=O)(=O)Nc2ccc(F)cc2)cc1. The number of sulfonamides is 1. The molecule has 2 N–H and O–H groups in total. The minimum Gasteiger partial charge on any atom is -0.484 e. The number of carbonyl (C=O) groups excluding carboxylic acids is 2. The van der Waals surface area contributed by atoms with Crippen molar-refractivity contribution in [1.29, 1.82) is 0 Å². The van der Waals surface area contributed by atoms with Crippen LogP contribution in [0.2, 0.25) is 5.02 Å². The van der Waals surface area contributed by atoms with E-state index in [1.807, 2.05) is 18.2 Å². The van der Waals surface area contributed by atoms with Crippen molar-refractivity contribution in [3.63, 3.8) is 0 Å². The molecule has 0 bridgehead atoms. The van der Waals surface area contributed by atoms with E-state index in [4.69, 9.17) is 16.3 Å². The van der Waals surface area contributed by atoms with Crippen LogP contribution >= 0.6 is 11.6 Å². The summed E-state index contributed by atoms with van der Waals surface area (Å²) in [4.78, 5) is 28.8. The van der Waals surface area contributed by atoms with E-state index in [0.717, 1.165) is 37.0 Å². The Kier molecular flexibility index (Phi) is 11.9. The Morgan fingerprint density at radius 3 is 2.20 bits per heavy atom. The van der Waals surface area contributed by atoms with Gasteiger partial charge in [0.05, 0.1) is 4.90 Å². The van der Waals surface area contributed by atoms with Crippen LogP contribution in [0.5, 0.6) is 5.75 Å². The predicted octanol–water partition coefficient (Wildman–Crippen LogP) is 6.74. The fraction of sp³-hybridized carbons (Fsp3) is 0.235. The van der Waals surface area contributed by atoms with Crippen LogP contribution in [0.15, 0.2) is 108 Å². The fourth-order valence-corrected chi connectivity index (χ4v) is 5.76. The molecule has 0 aliphatic rings. The largest absolute Gasteiger partial charge is 0.484 e. The molecule has 4 rings (SSSR count). The minimum absolute atomic E-state index is 0.0428. The van der Waals surface area contributed by atoms with E-state index in [1.165, 1.54) is 41.3 Å². The Bertz CT molecular complexity index is 1650. The van der Waals surface area contributed by atoms with Crippen molar-refractivity contribution in [1.82, 2.24) is 10.2 Å². The van der Waals surface area contributed by atoms with Crippen molar-refractivity contribution in [2.24, 2.45) is 0 Å². The van der Waals surface area contributed by atoms with Crippen LogP contribution in [0.3, 0.4) is 0 Å². The van der Waals surface area contributed by atoms with E-state index in [1.54, 1.807) is 36.4 Å². The van der Waals surface area contributed by atoms with Gasteiger partial charge in [0.25, 0.3) is 15.9 Å². The van der Waals surface area contributed by atoms with E-state index in [-0.39, 0.29) is 28.8 Å². The second kappa shape index (κ2) is 16.1. The fourth-order valence-electron chi connectivity index (χ4n) is 4.58. The Morgan fingerprint density at radius 1 is 0.889 bits per heavy atom. The van der Waals surface area contributed by atoms with Crippen molar-refractivity contribution in [2.75, 3.05) is 17.9 Å². The number of nitrogens with zero attached hydrogens (tertiary/aromatic N) is 1. The molecule has 0 spiro atoms. The van der Waals surface area contributed by atoms with E-state index in [0.29, 0.717) is 17.1 Å². The van der Waals surface area contributed by atoms with Gasteiger partial charge in [0.2, 0.25) is 5.91 Å². The lowest BCUT2D eigenvalue weighted by molar-refractivity contribution is -0.143. The van der Waals surface area contributed by atoms with E-state index < -0.39 is 34.4 Å². The first-order valence-electron chi connectivity index (χ1n) is 14.5. The van der Waals surface area contributed by atoms with Gasteiger partial charge in [0.15, 0.2) is 6.61 Å². The first kappa shape index (κ1) is 33.5. The second-order valence-corrected chi connectivity index (χ2v) is 12.5. The maximum atomic E-state index is 13.8. The van der Waals surface area contributed by atoms with Crippen LogP contribution in [0, 0.1) is 5.82 Å². The molecule has 0 heterocycles. The van der Waals surface area contributed by atoms with Gasteiger partial charge in [-0.3, -0.25) is 14.3 Å². The number of rotatable bonds is 15. The molecule has 0 unspecified atom stereocenters. The highest BCUT2D eigenvalue weighted by Crippen LogP contribution is 2.26. The number of unbranched alkanes of at least 4 members (excludes halogenated alkanes) is 2. The zero-order valence-corrected chi connectivity index (χ0v) is 26.4. The van der Waals surface area contributed by atoms with Gasteiger partial charge in [-0.1, -0.05) is 73.8 Å². The molecule has 0 aliphatic heterocycles. The number of nitrogens with one attached hydrogen (secondary N) is 2. The summed E-state index contributed by atoms with van der Waals surface area (Å²) < 4.78 is 46.9. The van der Waals surface area contributed by atoms with Crippen LogP contribution in [0.1, 0.15) is 43.4 Å². The van der Waals surface area contributed by atoms with Gasteiger partial charge in [-0.2, -0.15) is 0 Å². The molecule has 0 saturated heterocycles. The third-order valence-electron chi connectivity index (χ3n) is 6.93. The maximum absolute atomic E-state index is 13.8. The predicted molar refractivity (Wildman–Crippen MR) is 173 cm³/mol. The third-order valence-corrected chi connectivity index (χ3v) is 8.58. The second-order valence-electron chi connectivity index (χ2n) is 10.3. The normalized spacial score (nSPS) is 11.8. The van der Waals surface area contributed by atoms with Crippen LogP contribution < -0.4 is 14.8 Å². The highest BCUT2D eigenvalue weighted by Gasteiger charge is 2.31. The molecular weight excluding hydrogens is 617 g/mol. The summed E-state index contributed by atoms with van der Waals surface area (Å²) in [6.07, 6.45) is 2.80. The number of carbonyl (C=O) groups is 2. The Balaban J connectivity index is 1.53. The van der Waals surface area contributed by atoms with Gasteiger partial charge in [0.1, 0.15) is 17.6 Å². The molecule has 45 heavy (non-hydrogen) atoms. The topological polar surface area (TPSA) is 105 Å². The van der Waals surface area contributed by atoms with Crippen molar-refractivity contribution >= 4 is 39.1 Å². The number of hydrogen-bond acceptors (Lipinski definition) is 5. The monoisotopic (exact) mass is 651 g/mol. The number of benzene rings is 4. The standard InChI is InChI=1S/C34H35ClFN3O5S/c1-2-3-7-22-37-34(41)33(26-8-5-4-6-9-26)39(23-25-10-12-27(35)13-11-25)32(40)24-44-30-18-20-31(21-19-30)45(42,43)38-29-16-14-28(36)15-17-29/h4-6,8-21,33,38H,2-3,7,22-24H2,1H3,(H,37,41)/t33-/m1/s1. The summed E-state index contributed by atoms with van der Waals surface area (Å²) >= 11 is 6.09. The molecule has 0 aromatic heterocycles. The molecule has 0 aliphatic carbocycles. The van der Waals surface area contributed by atoms with E-state index >= 15 is 0 Å². The lowest BCUT2D eigenvalue weighted by Gasteiger charge is -2.31.